The van der Waals surface area contributed by atoms with Gasteiger partial charge in [0.2, 0.25) is 0 Å². The molecular formula is C26H20Cl2N3NaO6S. The largest absolute Gasteiger partial charge is 1.00 e. The molecule has 1 amide bonds. The molecule has 2 N–H and O–H groups in total. The maximum atomic E-state index is 13.5. The minimum absolute atomic E-state index is 0. The number of benzene rings is 4. The molecule has 9 nitrogen and oxygen atoms in total. The first-order valence-corrected chi connectivity index (χ1v) is 13.3. The number of anilines is 1. The van der Waals surface area contributed by atoms with Gasteiger partial charge in [-0.15, -0.1) is 5.11 Å². The van der Waals surface area contributed by atoms with E-state index in [4.69, 9.17) is 27.9 Å². The van der Waals surface area contributed by atoms with E-state index in [0.717, 1.165) is 0 Å². The minimum Gasteiger partial charge on any atom is -0.870 e. The first-order chi connectivity index (χ1) is 18.0. The Kier molecular flexibility index (Phi) is 10.0. The van der Waals surface area contributed by atoms with Gasteiger partial charge in [-0.2, -0.15) is 13.5 Å². The zero-order valence-corrected chi connectivity index (χ0v) is 25.4. The predicted octanol–water partition coefficient (Wildman–Crippen LogP) is 3.85. The maximum absolute atomic E-state index is 13.5. The topological polar surface area (TPSA) is 140 Å². The third-order valence-corrected chi connectivity index (χ3v) is 6.99. The van der Waals surface area contributed by atoms with Gasteiger partial charge < -0.3 is 15.2 Å². The second-order valence-corrected chi connectivity index (χ2v) is 10.3. The molecular weight excluding hydrogens is 576 g/mol. The summed E-state index contributed by atoms with van der Waals surface area (Å²) >= 11 is 12.1. The molecule has 4 rings (SSSR count). The Morgan fingerprint density at radius 3 is 2.49 bits per heavy atom. The van der Waals surface area contributed by atoms with Crippen LogP contribution in [0.3, 0.4) is 0 Å². The molecule has 4 aromatic rings. The first-order valence-electron chi connectivity index (χ1n) is 11.2. The van der Waals surface area contributed by atoms with Crippen LogP contribution in [0.1, 0.15) is 22.8 Å². The molecule has 0 saturated heterocycles. The molecule has 0 fully saturated rings. The van der Waals surface area contributed by atoms with Crippen molar-refractivity contribution in [3.8, 4) is 11.5 Å². The van der Waals surface area contributed by atoms with Crippen LogP contribution in [0.25, 0.3) is 10.8 Å². The average Bonchev–Trinajstić information content (AvgIpc) is 2.83. The summed E-state index contributed by atoms with van der Waals surface area (Å²) in [6, 6.07) is 15.5. The Labute approximate surface area is 256 Å². The number of rotatable bonds is 7. The van der Waals surface area contributed by atoms with Crippen molar-refractivity contribution in [2.75, 3.05) is 11.9 Å². The van der Waals surface area contributed by atoms with Crippen molar-refractivity contribution in [3.63, 3.8) is 0 Å². The SMILES string of the molecule is CCOc1cc(Cl)ccc1NC(=O)c1cc2ccccc2c(N=Nc2cc(C)cc(Cl)c2S(=O)(=O)O)c1[O-].[Na+]. The van der Waals surface area contributed by atoms with Crippen molar-refractivity contribution < 1.29 is 57.2 Å². The van der Waals surface area contributed by atoms with Crippen LogP contribution in [-0.2, 0) is 10.1 Å². The third-order valence-electron chi connectivity index (χ3n) is 5.40. The van der Waals surface area contributed by atoms with Gasteiger partial charge in [0.1, 0.15) is 16.3 Å². The fraction of sp³-hybridized carbons (Fsp3) is 0.115. The van der Waals surface area contributed by atoms with E-state index in [-0.39, 0.29) is 51.5 Å². The Morgan fingerprint density at radius 2 is 1.79 bits per heavy atom. The zero-order valence-electron chi connectivity index (χ0n) is 21.0. The van der Waals surface area contributed by atoms with Crippen molar-refractivity contribution in [1.29, 1.82) is 0 Å². The first kappa shape index (κ1) is 30.8. The van der Waals surface area contributed by atoms with Gasteiger partial charge in [0.25, 0.3) is 16.0 Å². The van der Waals surface area contributed by atoms with E-state index in [1.807, 2.05) is 0 Å². The van der Waals surface area contributed by atoms with Gasteiger partial charge in [-0.3, -0.25) is 9.35 Å². The fourth-order valence-electron chi connectivity index (χ4n) is 3.79. The average molecular weight is 596 g/mol. The van der Waals surface area contributed by atoms with E-state index in [9.17, 15) is 22.9 Å². The number of hydrogen-bond donors (Lipinski definition) is 2. The fourth-order valence-corrected chi connectivity index (χ4v) is 5.18. The summed E-state index contributed by atoms with van der Waals surface area (Å²) in [4.78, 5) is 12.6. The molecule has 0 radical (unpaired) electrons. The smallest absolute Gasteiger partial charge is 0.870 e. The molecule has 13 heteroatoms. The number of halogens is 2. The number of nitrogens with one attached hydrogen (secondary N) is 1. The Morgan fingerprint density at radius 1 is 1.08 bits per heavy atom. The number of nitrogens with zero attached hydrogens (tertiary/aromatic N) is 2. The molecule has 0 aliphatic carbocycles. The summed E-state index contributed by atoms with van der Waals surface area (Å²) in [5, 5.41) is 25.1. The van der Waals surface area contributed by atoms with Gasteiger partial charge in [0.05, 0.1) is 23.0 Å². The van der Waals surface area contributed by atoms with Gasteiger partial charge in [0.15, 0.2) is 0 Å². The van der Waals surface area contributed by atoms with Crippen LogP contribution in [0.5, 0.6) is 11.5 Å². The standard InChI is InChI=1S/C26H21Cl2N3O6S.Na/c1-3-37-22-13-16(27)8-9-20(22)29-26(33)18-12-15-6-4-5-7-17(15)23(24(18)32)31-30-21-11-14(2)10-19(28)25(21)38(34,35)36;/h4-13,32H,3H2,1-2H3,(H,29,33)(H,34,35,36);/q;+1/p-1. The summed E-state index contributed by atoms with van der Waals surface area (Å²) in [5.41, 5.74) is 0.160. The van der Waals surface area contributed by atoms with E-state index < -0.39 is 26.7 Å². The van der Waals surface area contributed by atoms with Crippen LogP contribution >= 0.6 is 23.2 Å². The van der Waals surface area contributed by atoms with Crippen LogP contribution in [-0.4, -0.2) is 25.5 Å². The number of hydrogen-bond acceptors (Lipinski definition) is 7. The van der Waals surface area contributed by atoms with Crippen molar-refractivity contribution in [3.05, 3.63) is 81.8 Å². The van der Waals surface area contributed by atoms with Crippen LogP contribution < -0.4 is 44.7 Å². The van der Waals surface area contributed by atoms with Crippen molar-refractivity contribution >= 4 is 67.1 Å². The van der Waals surface area contributed by atoms with E-state index in [1.165, 1.54) is 18.2 Å². The summed E-state index contributed by atoms with van der Waals surface area (Å²) in [6.45, 7) is 3.74. The molecule has 0 heterocycles. The van der Waals surface area contributed by atoms with E-state index in [2.05, 4.69) is 15.5 Å². The number of amides is 1. The molecule has 196 valence electrons. The molecule has 0 aliphatic heterocycles. The Bertz CT molecular complexity index is 1710. The third kappa shape index (κ3) is 6.90. The number of aryl methyl sites for hydroxylation is 1. The number of fused-ring (bicyclic) bond motifs is 1. The van der Waals surface area contributed by atoms with Crippen LogP contribution in [0.4, 0.5) is 17.1 Å². The predicted molar refractivity (Wildman–Crippen MR) is 144 cm³/mol. The maximum Gasteiger partial charge on any atom is 1.00 e. The Balaban J connectivity index is 0.00000420. The molecule has 4 aromatic carbocycles. The van der Waals surface area contributed by atoms with Crippen molar-refractivity contribution in [2.45, 2.75) is 18.7 Å². The van der Waals surface area contributed by atoms with E-state index in [1.54, 1.807) is 56.3 Å². The van der Waals surface area contributed by atoms with Crippen molar-refractivity contribution in [1.82, 2.24) is 0 Å². The number of carbonyl (C=O) groups excluding carboxylic acids is 1. The molecule has 0 bridgehead atoms. The summed E-state index contributed by atoms with van der Waals surface area (Å²) in [7, 11) is -4.76. The summed E-state index contributed by atoms with van der Waals surface area (Å²) < 4.78 is 39.0. The van der Waals surface area contributed by atoms with Gasteiger partial charge in [0, 0.05) is 22.0 Å². The zero-order chi connectivity index (χ0) is 27.6. The molecule has 0 aliphatic rings. The second kappa shape index (κ2) is 12.6. The van der Waals surface area contributed by atoms with E-state index in [0.29, 0.717) is 39.4 Å². The van der Waals surface area contributed by atoms with Gasteiger partial charge in [-0.25, -0.2) is 0 Å². The second-order valence-electron chi connectivity index (χ2n) is 8.12. The van der Waals surface area contributed by atoms with Gasteiger partial charge >= 0.3 is 29.6 Å². The molecule has 0 saturated carbocycles. The molecule has 0 spiro atoms. The molecule has 0 atom stereocenters. The molecule has 0 aromatic heterocycles. The Hall–Kier alpha value is -2.70. The molecule has 39 heavy (non-hydrogen) atoms. The monoisotopic (exact) mass is 595 g/mol. The normalized spacial score (nSPS) is 11.4. The van der Waals surface area contributed by atoms with E-state index >= 15 is 0 Å². The minimum atomic E-state index is -4.76. The van der Waals surface area contributed by atoms with Crippen molar-refractivity contribution in [2.24, 2.45) is 10.2 Å². The number of carbonyl (C=O) groups is 1. The number of ether oxygens (including phenoxy) is 1. The van der Waals surface area contributed by atoms with Crippen LogP contribution in [0, 0.1) is 6.92 Å². The summed E-state index contributed by atoms with van der Waals surface area (Å²) in [6.07, 6.45) is 0. The van der Waals surface area contributed by atoms with Crippen LogP contribution in [0.15, 0.2) is 75.8 Å². The number of azo groups is 1. The van der Waals surface area contributed by atoms with Gasteiger partial charge in [-0.1, -0.05) is 53.2 Å². The molecule has 0 unspecified atom stereocenters. The summed E-state index contributed by atoms with van der Waals surface area (Å²) in [5.74, 6) is -1.14. The van der Waals surface area contributed by atoms with Crippen LogP contribution in [0.2, 0.25) is 10.0 Å². The quantitative estimate of drug-likeness (QED) is 0.189. The van der Waals surface area contributed by atoms with Gasteiger partial charge in [-0.05, 0) is 55.1 Å².